The van der Waals surface area contributed by atoms with Gasteiger partial charge in [-0.2, -0.15) is 4.58 Å². The highest BCUT2D eigenvalue weighted by Gasteiger charge is 2.36. The summed E-state index contributed by atoms with van der Waals surface area (Å²) in [7, 11) is -1.45. The van der Waals surface area contributed by atoms with Crippen molar-refractivity contribution >= 4 is 50.2 Å². The number of benzene rings is 4. The topological polar surface area (TPSA) is 72.7 Å². The largest absolute Gasteiger partial charge is 0.726 e. The van der Waals surface area contributed by atoms with Crippen molar-refractivity contribution in [2.75, 3.05) is 32.1 Å². The van der Waals surface area contributed by atoms with Gasteiger partial charge in [0.1, 0.15) is 7.05 Å². The smallest absolute Gasteiger partial charge is 0.221 e. The second-order valence-electron chi connectivity index (χ2n) is 9.31. The second-order valence-corrected chi connectivity index (χ2v) is 10.9. The fourth-order valence-corrected chi connectivity index (χ4v) is 5.34. The molecule has 0 saturated carbocycles. The highest BCUT2D eigenvalue weighted by atomic mass is 35.5. The number of allylic oxidation sites excluding steroid dienone is 1. The molecule has 5 rings (SSSR count). The Morgan fingerprint density at radius 3 is 2.00 bits per heavy atom. The third-order valence-electron chi connectivity index (χ3n) is 7.04. The standard InChI is InChI=1S/C32H30ClN2.CH4O4S/c1-4-35(5-2)25-21-19-23(20-22-25)30(26-15-9-11-17-28(26)33)31-27-16-10-12-18-29(27)34(3)32(31)24-13-7-6-8-14-24;1-5-6(2,3)4/h6-22H,4-5H2,1-3H3;1H3,(H,2,3,4)/q+1;/p-1. The van der Waals surface area contributed by atoms with Crippen LogP contribution in [0.1, 0.15) is 36.1 Å². The van der Waals surface area contributed by atoms with Gasteiger partial charge in [-0.25, -0.2) is 8.42 Å². The Morgan fingerprint density at radius 2 is 1.41 bits per heavy atom. The summed E-state index contributed by atoms with van der Waals surface area (Å²) in [6, 6.07) is 36.4. The molecule has 4 aromatic carbocycles. The molecule has 0 saturated heterocycles. The Kier molecular flexibility index (Phi) is 9.78. The van der Waals surface area contributed by atoms with E-state index in [1.165, 1.54) is 33.8 Å². The Morgan fingerprint density at radius 1 is 0.854 bits per heavy atom. The molecule has 0 aromatic heterocycles. The quantitative estimate of drug-likeness (QED) is 0.132. The number of halogens is 1. The van der Waals surface area contributed by atoms with E-state index in [-0.39, 0.29) is 0 Å². The minimum atomic E-state index is -4.41. The second kappa shape index (κ2) is 13.3. The molecule has 1 aliphatic heterocycles. The zero-order valence-corrected chi connectivity index (χ0v) is 25.1. The van der Waals surface area contributed by atoms with Crippen LogP contribution in [-0.2, 0) is 14.6 Å². The highest BCUT2D eigenvalue weighted by molar-refractivity contribution is 7.80. The summed E-state index contributed by atoms with van der Waals surface area (Å²) in [5.41, 5.74) is 10.6. The maximum Gasteiger partial charge on any atom is 0.221 e. The molecular weight excluding hydrogens is 556 g/mol. The first-order valence-corrected chi connectivity index (χ1v) is 15.0. The lowest BCUT2D eigenvalue weighted by Crippen LogP contribution is -2.21. The van der Waals surface area contributed by atoms with E-state index in [4.69, 9.17) is 11.6 Å². The maximum absolute atomic E-state index is 9.22. The molecule has 41 heavy (non-hydrogen) atoms. The molecule has 0 bridgehead atoms. The SMILES string of the molecule is CCN(CC)c1ccc(/C(=C2/C(c3ccccc3)=[N+](C)c3ccccc32)c2ccccc2Cl)cc1.COS(=O)(=O)[O-]. The Hall–Kier alpha value is -3.75. The van der Waals surface area contributed by atoms with E-state index in [0.717, 1.165) is 41.9 Å². The number of rotatable bonds is 7. The number of nitrogens with zero attached hydrogens (tertiary/aromatic N) is 2. The molecule has 212 valence electrons. The first kappa shape index (κ1) is 30.2. The lowest BCUT2D eigenvalue weighted by Gasteiger charge is -2.22. The molecule has 4 aromatic rings. The van der Waals surface area contributed by atoms with Crippen LogP contribution in [0.3, 0.4) is 0 Å². The molecule has 0 amide bonds. The summed E-state index contributed by atoms with van der Waals surface area (Å²) >= 11 is 6.87. The third-order valence-corrected chi connectivity index (χ3v) is 7.77. The van der Waals surface area contributed by atoms with E-state index in [2.05, 4.69) is 126 Å². The van der Waals surface area contributed by atoms with Crippen LogP contribution < -0.4 is 4.90 Å². The highest BCUT2D eigenvalue weighted by Crippen LogP contribution is 2.44. The number of fused-ring (bicyclic) bond motifs is 1. The number of hydrogen-bond donors (Lipinski definition) is 0. The van der Waals surface area contributed by atoms with E-state index in [1.807, 2.05) is 12.1 Å². The summed E-state index contributed by atoms with van der Waals surface area (Å²) < 4.78 is 33.3. The normalized spacial score (nSPS) is 13.8. The molecule has 6 nitrogen and oxygen atoms in total. The molecule has 0 unspecified atom stereocenters. The van der Waals surface area contributed by atoms with Crippen molar-refractivity contribution in [1.29, 1.82) is 0 Å². The number of anilines is 1. The first-order valence-electron chi connectivity index (χ1n) is 13.3. The minimum absolute atomic E-state index is 0.752. The van der Waals surface area contributed by atoms with Crippen LogP contribution in [0, 0.1) is 0 Å². The van der Waals surface area contributed by atoms with Gasteiger partial charge in [-0.15, -0.1) is 0 Å². The van der Waals surface area contributed by atoms with Crippen LogP contribution in [-0.4, -0.2) is 50.5 Å². The van der Waals surface area contributed by atoms with Crippen LogP contribution in [0.5, 0.6) is 0 Å². The lowest BCUT2D eigenvalue weighted by molar-refractivity contribution is -0.400. The minimum Gasteiger partial charge on any atom is -0.726 e. The van der Waals surface area contributed by atoms with Gasteiger partial charge < -0.3 is 9.45 Å². The molecule has 1 aliphatic rings. The fraction of sp³-hybridized carbons (Fsp3) is 0.182. The Labute approximate surface area is 247 Å². The molecule has 0 radical (unpaired) electrons. The maximum atomic E-state index is 9.22. The summed E-state index contributed by atoms with van der Waals surface area (Å²) in [5, 5.41) is 0.752. The number of para-hydroxylation sites is 1. The van der Waals surface area contributed by atoms with Crippen LogP contribution in [0.25, 0.3) is 11.1 Å². The van der Waals surface area contributed by atoms with Crippen LogP contribution in [0.15, 0.2) is 103 Å². The van der Waals surface area contributed by atoms with Crippen molar-refractivity contribution in [2.45, 2.75) is 13.8 Å². The van der Waals surface area contributed by atoms with Gasteiger partial charge in [-0.1, -0.05) is 72.3 Å². The Balaban J connectivity index is 0.000000585. The zero-order chi connectivity index (χ0) is 29.6. The average Bonchev–Trinajstić information content (AvgIpc) is 3.28. The lowest BCUT2D eigenvalue weighted by atomic mass is 9.86. The molecular formula is C33H33ClN2O4S. The Bertz CT molecular complexity index is 1680. The van der Waals surface area contributed by atoms with Gasteiger partial charge in [0, 0.05) is 46.6 Å². The van der Waals surface area contributed by atoms with Crippen LogP contribution in [0.4, 0.5) is 11.4 Å². The summed E-state index contributed by atoms with van der Waals surface area (Å²) in [6.45, 7) is 6.36. The van der Waals surface area contributed by atoms with Crippen molar-refractivity contribution in [1.82, 2.24) is 0 Å². The van der Waals surface area contributed by atoms with Gasteiger partial charge in [-0.3, -0.25) is 4.18 Å². The van der Waals surface area contributed by atoms with Crippen molar-refractivity contribution in [2.24, 2.45) is 0 Å². The van der Waals surface area contributed by atoms with Crippen molar-refractivity contribution in [3.63, 3.8) is 0 Å². The summed E-state index contributed by atoms with van der Waals surface area (Å²) in [5.74, 6) is 0. The van der Waals surface area contributed by atoms with Gasteiger partial charge in [-0.05, 0) is 55.8 Å². The van der Waals surface area contributed by atoms with Gasteiger partial charge in [0.2, 0.25) is 21.8 Å². The van der Waals surface area contributed by atoms with Crippen molar-refractivity contribution < 1.29 is 21.7 Å². The van der Waals surface area contributed by atoms with Crippen molar-refractivity contribution in [3.8, 4) is 0 Å². The van der Waals surface area contributed by atoms with E-state index >= 15 is 0 Å². The number of hydrogen-bond acceptors (Lipinski definition) is 5. The molecule has 1 heterocycles. The molecule has 0 spiro atoms. The molecule has 0 aliphatic carbocycles. The summed E-state index contributed by atoms with van der Waals surface area (Å²) in [6.07, 6.45) is 0. The van der Waals surface area contributed by atoms with Gasteiger partial charge in [0.15, 0.2) is 0 Å². The van der Waals surface area contributed by atoms with Crippen LogP contribution in [0.2, 0.25) is 5.02 Å². The monoisotopic (exact) mass is 588 g/mol. The van der Waals surface area contributed by atoms with Gasteiger partial charge in [0.25, 0.3) is 0 Å². The predicted octanol–water partition coefficient (Wildman–Crippen LogP) is 7.02. The molecule has 0 atom stereocenters. The fourth-order valence-electron chi connectivity index (χ4n) is 5.11. The van der Waals surface area contributed by atoms with E-state index in [9.17, 15) is 13.0 Å². The van der Waals surface area contributed by atoms with Crippen molar-refractivity contribution in [3.05, 3.63) is 130 Å². The molecule has 0 N–H and O–H groups in total. The predicted molar refractivity (Wildman–Crippen MR) is 167 cm³/mol. The average molecular weight is 589 g/mol. The van der Waals surface area contributed by atoms with E-state index in [0.29, 0.717) is 0 Å². The molecule has 8 heteroatoms. The first-order chi connectivity index (χ1) is 19.7. The zero-order valence-electron chi connectivity index (χ0n) is 23.5. The van der Waals surface area contributed by atoms with E-state index < -0.39 is 10.4 Å². The molecule has 0 fully saturated rings. The van der Waals surface area contributed by atoms with Gasteiger partial charge in [0.05, 0.1) is 18.2 Å². The van der Waals surface area contributed by atoms with Gasteiger partial charge >= 0.3 is 0 Å². The third kappa shape index (κ3) is 6.77. The van der Waals surface area contributed by atoms with Crippen LogP contribution >= 0.6 is 11.6 Å². The summed E-state index contributed by atoms with van der Waals surface area (Å²) in [4.78, 5) is 2.37. The van der Waals surface area contributed by atoms with E-state index in [1.54, 1.807) is 0 Å².